The standard InChI is InChI=1S/C12H15N3O4/c1-4-19-12(16)9(3)13-14-11-6-5-10(15(17)18)7-8(11)2/h5-7,14H,4H2,1-3H3/b13-9+. The van der Waals surface area contributed by atoms with Crippen molar-refractivity contribution in [3.8, 4) is 0 Å². The molecule has 0 fully saturated rings. The van der Waals surface area contributed by atoms with Crippen LogP contribution in [-0.4, -0.2) is 23.2 Å². The van der Waals surface area contributed by atoms with Crippen molar-refractivity contribution in [1.29, 1.82) is 0 Å². The molecule has 0 radical (unpaired) electrons. The Balaban J connectivity index is 2.81. The minimum absolute atomic E-state index is 0.00847. The number of hydrazone groups is 1. The fourth-order valence-electron chi connectivity index (χ4n) is 1.31. The molecule has 0 aromatic heterocycles. The summed E-state index contributed by atoms with van der Waals surface area (Å²) in [6.07, 6.45) is 0. The van der Waals surface area contributed by atoms with Crippen molar-refractivity contribution in [3.63, 3.8) is 0 Å². The van der Waals surface area contributed by atoms with Crippen LogP contribution in [0.1, 0.15) is 19.4 Å². The van der Waals surface area contributed by atoms with Crippen LogP contribution < -0.4 is 5.43 Å². The van der Waals surface area contributed by atoms with E-state index in [0.29, 0.717) is 11.3 Å². The zero-order valence-electron chi connectivity index (χ0n) is 11.0. The summed E-state index contributed by atoms with van der Waals surface area (Å²) in [6.45, 7) is 5.22. The maximum atomic E-state index is 11.3. The van der Waals surface area contributed by atoms with Gasteiger partial charge in [-0.25, -0.2) is 4.79 Å². The lowest BCUT2D eigenvalue weighted by Crippen LogP contribution is -2.15. The molecule has 1 aromatic rings. The van der Waals surface area contributed by atoms with Crippen molar-refractivity contribution in [2.45, 2.75) is 20.8 Å². The van der Waals surface area contributed by atoms with Gasteiger partial charge < -0.3 is 4.74 Å². The summed E-state index contributed by atoms with van der Waals surface area (Å²) < 4.78 is 4.77. The van der Waals surface area contributed by atoms with Crippen LogP contribution in [-0.2, 0) is 9.53 Å². The van der Waals surface area contributed by atoms with E-state index >= 15 is 0 Å². The second kappa shape index (κ2) is 6.48. The molecule has 7 heteroatoms. The summed E-state index contributed by atoms with van der Waals surface area (Å²) in [5.74, 6) is -0.505. The van der Waals surface area contributed by atoms with Crippen LogP contribution in [0.25, 0.3) is 0 Å². The number of nitrogens with zero attached hydrogens (tertiary/aromatic N) is 2. The third-order valence-electron chi connectivity index (χ3n) is 2.34. The van der Waals surface area contributed by atoms with Crippen molar-refractivity contribution < 1.29 is 14.5 Å². The van der Waals surface area contributed by atoms with E-state index in [-0.39, 0.29) is 18.0 Å². The van der Waals surface area contributed by atoms with E-state index in [1.165, 1.54) is 25.1 Å². The maximum Gasteiger partial charge on any atom is 0.354 e. The lowest BCUT2D eigenvalue weighted by atomic mass is 10.2. The van der Waals surface area contributed by atoms with Gasteiger partial charge >= 0.3 is 5.97 Å². The molecule has 0 unspecified atom stereocenters. The Morgan fingerprint density at radius 2 is 2.21 bits per heavy atom. The summed E-state index contributed by atoms with van der Waals surface area (Å²) in [6, 6.07) is 4.33. The molecule has 0 saturated carbocycles. The highest BCUT2D eigenvalue weighted by atomic mass is 16.6. The third kappa shape index (κ3) is 4.06. The average molecular weight is 265 g/mol. The molecule has 0 saturated heterocycles. The molecule has 0 aliphatic heterocycles. The molecule has 1 N–H and O–H groups in total. The average Bonchev–Trinajstić information content (AvgIpc) is 2.36. The van der Waals surface area contributed by atoms with Crippen molar-refractivity contribution in [2.24, 2.45) is 5.10 Å². The molecular formula is C12H15N3O4. The van der Waals surface area contributed by atoms with Gasteiger partial charge in [0.05, 0.1) is 17.2 Å². The summed E-state index contributed by atoms with van der Waals surface area (Å²) in [5, 5.41) is 14.5. The van der Waals surface area contributed by atoms with Crippen molar-refractivity contribution in [3.05, 3.63) is 33.9 Å². The number of nitro benzene ring substituents is 1. The highest BCUT2D eigenvalue weighted by Gasteiger charge is 2.09. The molecule has 19 heavy (non-hydrogen) atoms. The van der Waals surface area contributed by atoms with Crippen molar-refractivity contribution in [2.75, 3.05) is 12.0 Å². The molecule has 102 valence electrons. The third-order valence-corrected chi connectivity index (χ3v) is 2.34. The van der Waals surface area contributed by atoms with Gasteiger partial charge in [0, 0.05) is 12.1 Å². The minimum atomic E-state index is -0.505. The van der Waals surface area contributed by atoms with Crippen LogP contribution in [0.4, 0.5) is 11.4 Å². The van der Waals surface area contributed by atoms with E-state index in [1.54, 1.807) is 13.8 Å². The largest absolute Gasteiger partial charge is 0.461 e. The second-order valence-electron chi connectivity index (χ2n) is 3.79. The minimum Gasteiger partial charge on any atom is -0.461 e. The fraction of sp³-hybridized carbons (Fsp3) is 0.333. The van der Waals surface area contributed by atoms with E-state index in [9.17, 15) is 14.9 Å². The van der Waals surface area contributed by atoms with E-state index < -0.39 is 10.9 Å². The first kappa shape index (κ1) is 14.6. The van der Waals surface area contributed by atoms with Gasteiger partial charge in [0.2, 0.25) is 0 Å². The van der Waals surface area contributed by atoms with E-state index in [1.807, 2.05) is 0 Å². The molecule has 7 nitrogen and oxygen atoms in total. The number of ether oxygens (including phenoxy) is 1. The Morgan fingerprint density at radius 1 is 1.53 bits per heavy atom. The number of non-ortho nitro benzene ring substituents is 1. The Kier molecular flexibility index (Phi) is 4.99. The Labute approximate surface area is 110 Å². The number of benzene rings is 1. The molecule has 0 heterocycles. The lowest BCUT2D eigenvalue weighted by Gasteiger charge is -2.06. The van der Waals surface area contributed by atoms with E-state index in [2.05, 4.69) is 10.5 Å². The Morgan fingerprint density at radius 3 is 2.74 bits per heavy atom. The van der Waals surface area contributed by atoms with Crippen LogP contribution in [0.3, 0.4) is 0 Å². The van der Waals surface area contributed by atoms with E-state index in [0.717, 1.165) is 0 Å². The number of carbonyl (C=O) groups is 1. The molecule has 1 aromatic carbocycles. The first-order valence-electron chi connectivity index (χ1n) is 5.68. The van der Waals surface area contributed by atoms with Crippen LogP contribution in [0.2, 0.25) is 0 Å². The number of anilines is 1. The zero-order chi connectivity index (χ0) is 14.4. The van der Waals surface area contributed by atoms with Crippen LogP contribution >= 0.6 is 0 Å². The summed E-state index contributed by atoms with van der Waals surface area (Å²) >= 11 is 0. The number of hydrogen-bond donors (Lipinski definition) is 1. The maximum absolute atomic E-state index is 11.3. The van der Waals surface area contributed by atoms with E-state index in [4.69, 9.17) is 4.74 Å². The Hall–Kier alpha value is -2.44. The number of aryl methyl sites for hydroxylation is 1. The molecule has 0 aliphatic rings. The number of carbonyl (C=O) groups excluding carboxylic acids is 1. The topological polar surface area (TPSA) is 93.8 Å². The first-order valence-corrected chi connectivity index (χ1v) is 5.68. The van der Waals surface area contributed by atoms with Gasteiger partial charge in [-0.1, -0.05) is 0 Å². The number of esters is 1. The summed E-state index contributed by atoms with van der Waals surface area (Å²) in [4.78, 5) is 21.4. The molecule has 0 aliphatic carbocycles. The number of nitro groups is 1. The van der Waals surface area contributed by atoms with Gasteiger partial charge in [-0.05, 0) is 32.4 Å². The fourth-order valence-corrected chi connectivity index (χ4v) is 1.31. The quantitative estimate of drug-likeness (QED) is 0.381. The zero-order valence-corrected chi connectivity index (χ0v) is 11.0. The highest BCUT2D eigenvalue weighted by molar-refractivity contribution is 6.35. The van der Waals surface area contributed by atoms with Gasteiger partial charge in [0.25, 0.3) is 5.69 Å². The first-order chi connectivity index (χ1) is 8.95. The summed E-state index contributed by atoms with van der Waals surface area (Å²) in [7, 11) is 0. The molecular weight excluding hydrogens is 250 g/mol. The molecule has 0 atom stereocenters. The van der Waals surface area contributed by atoms with Gasteiger partial charge in [-0.3, -0.25) is 15.5 Å². The van der Waals surface area contributed by atoms with Gasteiger partial charge in [0.15, 0.2) is 0 Å². The SMILES string of the molecule is CCOC(=O)/C(C)=N/Nc1ccc([N+](=O)[O-])cc1C. The number of hydrogen-bond acceptors (Lipinski definition) is 6. The van der Waals surface area contributed by atoms with Gasteiger partial charge in [-0.2, -0.15) is 5.10 Å². The molecule has 0 bridgehead atoms. The van der Waals surface area contributed by atoms with Crippen LogP contribution in [0, 0.1) is 17.0 Å². The van der Waals surface area contributed by atoms with Crippen molar-refractivity contribution >= 4 is 23.1 Å². The predicted octanol–water partition coefficient (Wildman–Crippen LogP) is 2.25. The highest BCUT2D eigenvalue weighted by Crippen LogP contribution is 2.21. The normalized spacial score (nSPS) is 11.0. The lowest BCUT2D eigenvalue weighted by molar-refractivity contribution is -0.384. The smallest absolute Gasteiger partial charge is 0.354 e. The van der Waals surface area contributed by atoms with Crippen LogP contribution in [0.15, 0.2) is 23.3 Å². The Bertz CT molecular complexity index is 526. The summed E-state index contributed by atoms with van der Waals surface area (Å²) in [5.41, 5.74) is 4.12. The monoisotopic (exact) mass is 265 g/mol. The van der Waals surface area contributed by atoms with Crippen molar-refractivity contribution in [1.82, 2.24) is 0 Å². The molecule has 0 amide bonds. The molecule has 1 rings (SSSR count). The van der Waals surface area contributed by atoms with Gasteiger partial charge in [-0.15, -0.1) is 0 Å². The number of rotatable bonds is 5. The molecule has 0 spiro atoms. The number of nitrogens with one attached hydrogen (secondary N) is 1. The van der Waals surface area contributed by atoms with Crippen LogP contribution in [0.5, 0.6) is 0 Å². The van der Waals surface area contributed by atoms with Gasteiger partial charge in [0.1, 0.15) is 5.71 Å². The predicted molar refractivity (Wildman–Crippen MR) is 71.2 cm³/mol. The second-order valence-corrected chi connectivity index (χ2v) is 3.79.